The summed E-state index contributed by atoms with van der Waals surface area (Å²) in [6.07, 6.45) is 1.80. The lowest BCUT2D eigenvalue weighted by Gasteiger charge is -2.11. The molecule has 0 aliphatic rings. The van der Waals surface area contributed by atoms with Crippen molar-refractivity contribution in [3.05, 3.63) is 77.4 Å². The van der Waals surface area contributed by atoms with Crippen LogP contribution in [0.2, 0.25) is 5.02 Å². The number of nitrogens with one attached hydrogen (secondary N) is 2. The van der Waals surface area contributed by atoms with Gasteiger partial charge < -0.3 is 15.4 Å². The van der Waals surface area contributed by atoms with Gasteiger partial charge in [-0.25, -0.2) is 4.98 Å². The maximum Gasteiger partial charge on any atom is 0.256 e. The lowest BCUT2D eigenvalue weighted by atomic mass is 10.2. The fourth-order valence-electron chi connectivity index (χ4n) is 2.39. The molecule has 0 aliphatic heterocycles. The molecule has 27 heavy (non-hydrogen) atoms. The Morgan fingerprint density at radius 1 is 0.963 bits per heavy atom. The minimum Gasteiger partial charge on any atom is -0.491 e. The number of benzene rings is 2. The van der Waals surface area contributed by atoms with Crippen LogP contribution in [0.25, 0.3) is 0 Å². The SMILES string of the molecule is CC(C)Oc1ccc(Nc2ccc(NC(=O)c3ccc(Cl)cc3)nc2)cc1. The normalized spacial score (nSPS) is 10.5. The number of hydrogen-bond acceptors (Lipinski definition) is 4. The second-order valence-corrected chi connectivity index (χ2v) is 6.65. The van der Waals surface area contributed by atoms with Crippen LogP contribution in [0.5, 0.6) is 5.75 Å². The second-order valence-electron chi connectivity index (χ2n) is 6.21. The number of carbonyl (C=O) groups excluding carboxylic acids is 1. The number of anilines is 3. The van der Waals surface area contributed by atoms with Gasteiger partial charge in [-0.05, 0) is 74.5 Å². The second kappa shape index (κ2) is 8.56. The summed E-state index contributed by atoms with van der Waals surface area (Å²) >= 11 is 5.83. The first kappa shape index (κ1) is 18.7. The Kier molecular flexibility index (Phi) is 5.94. The number of carbonyl (C=O) groups is 1. The molecule has 0 saturated carbocycles. The van der Waals surface area contributed by atoms with Crippen molar-refractivity contribution in [2.45, 2.75) is 20.0 Å². The van der Waals surface area contributed by atoms with Gasteiger partial charge in [-0.2, -0.15) is 0 Å². The Bertz CT molecular complexity index is 892. The van der Waals surface area contributed by atoms with Crippen LogP contribution in [0.15, 0.2) is 66.9 Å². The molecule has 1 heterocycles. The summed E-state index contributed by atoms with van der Waals surface area (Å²) in [6.45, 7) is 3.98. The molecule has 3 aromatic rings. The predicted octanol–water partition coefficient (Wildman–Crippen LogP) is 5.52. The fraction of sp³-hybridized carbons (Fsp3) is 0.143. The van der Waals surface area contributed by atoms with Gasteiger partial charge in [0.2, 0.25) is 0 Å². The van der Waals surface area contributed by atoms with E-state index in [1.54, 1.807) is 36.5 Å². The van der Waals surface area contributed by atoms with Crippen molar-refractivity contribution in [1.29, 1.82) is 0 Å². The van der Waals surface area contributed by atoms with Crippen LogP contribution in [0.1, 0.15) is 24.2 Å². The van der Waals surface area contributed by atoms with E-state index in [0.717, 1.165) is 17.1 Å². The molecular formula is C21H20ClN3O2. The topological polar surface area (TPSA) is 63.2 Å². The average Bonchev–Trinajstić information content (AvgIpc) is 2.65. The van der Waals surface area contributed by atoms with Gasteiger partial charge in [-0.15, -0.1) is 0 Å². The molecular weight excluding hydrogens is 362 g/mol. The lowest BCUT2D eigenvalue weighted by Crippen LogP contribution is -2.12. The Balaban J connectivity index is 1.60. The highest BCUT2D eigenvalue weighted by molar-refractivity contribution is 6.30. The van der Waals surface area contributed by atoms with Gasteiger partial charge in [0.15, 0.2) is 0 Å². The van der Waals surface area contributed by atoms with Crippen molar-refractivity contribution in [2.24, 2.45) is 0 Å². The zero-order valence-corrected chi connectivity index (χ0v) is 15.8. The monoisotopic (exact) mass is 381 g/mol. The number of pyridine rings is 1. The number of halogens is 1. The zero-order valence-electron chi connectivity index (χ0n) is 15.1. The Labute approximate surface area is 163 Å². The van der Waals surface area contributed by atoms with Gasteiger partial charge in [0.05, 0.1) is 18.0 Å². The molecule has 2 aromatic carbocycles. The van der Waals surface area contributed by atoms with Gasteiger partial charge in [0.25, 0.3) is 5.91 Å². The number of rotatable bonds is 6. The van der Waals surface area contributed by atoms with Crippen molar-refractivity contribution in [2.75, 3.05) is 10.6 Å². The standard InChI is InChI=1S/C21H20ClN3O2/c1-14(2)27-19-10-7-17(8-11-19)24-18-9-12-20(23-13-18)25-21(26)15-3-5-16(22)6-4-15/h3-14,24H,1-2H3,(H,23,25,26). The third kappa shape index (κ3) is 5.46. The van der Waals surface area contributed by atoms with Crippen molar-refractivity contribution >= 4 is 34.7 Å². The van der Waals surface area contributed by atoms with E-state index in [4.69, 9.17) is 16.3 Å². The van der Waals surface area contributed by atoms with Gasteiger partial charge >= 0.3 is 0 Å². The van der Waals surface area contributed by atoms with Crippen molar-refractivity contribution in [3.8, 4) is 5.75 Å². The highest BCUT2D eigenvalue weighted by atomic mass is 35.5. The zero-order chi connectivity index (χ0) is 19.2. The van der Waals surface area contributed by atoms with Gasteiger partial charge in [0.1, 0.15) is 11.6 Å². The molecule has 2 N–H and O–H groups in total. The molecule has 0 atom stereocenters. The van der Waals surface area contributed by atoms with Gasteiger partial charge in [-0.1, -0.05) is 11.6 Å². The summed E-state index contributed by atoms with van der Waals surface area (Å²) in [7, 11) is 0. The Hall–Kier alpha value is -3.05. The number of nitrogens with zero attached hydrogens (tertiary/aromatic N) is 1. The molecule has 1 amide bonds. The number of amides is 1. The molecule has 0 aliphatic carbocycles. The Morgan fingerprint density at radius 2 is 1.63 bits per heavy atom. The molecule has 0 bridgehead atoms. The number of aromatic nitrogens is 1. The van der Waals surface area contributed by atoms with Crippen molar-refractivity contribution in [1.82, 2.24) is 4.98 Å². The first-order valence-electron chi connectivity index (χ1n) is 8.56. The summed E-state index contributed by atoms with van der Waals surface area (Å²) < 4.78 is 5.63. The van der Waals surface area contributed by atoms with E-state index in [1.165, 1.54) is 0 Å². The maximum absolute atomic E-state index is 12.2. The molecule has 6 heteroatoms. The first-order valence-corrected chi connectivity index (χ1v) is 8.94. The van der Waals surface area contributed by atoms with Crippen LogP contribution < -0.4 is 15.4 Å². The molecule has 138 valence electrons. The summed E-state index contributed by atoms with van der Waals surface area (Å²) in [5.74, 6) is 1.07. The highest BCUT2D eigenvalue weighted by Gasteiger charge is 2.07. The third-order valence-corrected chi connectivity index (χ3v) is 3.88. The number of ether oxygens (including phenoxy) is 1. The summed E-state index contributed by atoms with van der Waals surface area (Å²) in [5.41, 5.74) is 2.26. The van der Waals surface area contributed by atoms with Gasteiger partial charge in [-0.3, -0.25) is 4.79 Å². The molecule has 0 saturated heterocycles. The largest absolute Gasteiger partial charge is 0.491 e. The maximum atomic E-state index is 12.2. The summed E-state index contributed by atoms with van der Waals surface area (Å²) in [6, 6.07) is 18.0. The molecule has 3 rings (SSSR count). The van der Waals surface area contributed by atoms with Crippen molar-refractivity contribution in [3.63, 3.8) is 0 Å². The first-order chi connectivity index (χ1) is 13.0. The fourth-order valence-corrected chi connectivity index (χ4v) is 2.51. The highest BCUT2D eigenvalue weighted by Crippen LogP contribution is 2.21. The molecule has 0 fully saturated rings. The lowest BCUT2D eigenvalue weighted by molar-refractivity contribution is 0.102. The van der Waals surface area contributed by atoms with E-state index in [0.29, 0.717) is 16.4 Å². The van der Waals surface area contributed by atoms with E-state index in [2.05, 4.69) is 15.6 Å². The minimum atomic E-state index is -0.236. The third-order valence-electron chi connectivity index (χ3n) is 3.63. The van der Waals surface area contributed by atoms with Crippen LogP contribution in [0.3, 0.4) is 0 Å². The summed E-state index contributed by atoms with van der Waals surface area (Å²) in [5, 5.41) is 6.60. The van der Waals surface area contributed by atoms with Gasteiger partial charge in [0, 0.05) is 16.3 Å². The van der Waals surface area contributed by atoms with E-state index < -0.39 is 0 Å². The number of hydrogen-bond donors (Lipinski definition) is 2. The minimum absolute atomic E-state index is 0.142. The quantitative estimate of drug-likeness (QED) is 0.590. The van der Waals surface area contributed by atoms with Crippen LogP contribution in [0.4, 0.5) is 17.2 Å². The summed E-state index contributed by atoms with van der Waals surface area (Å²) in [4.78, 5) is 16.5. The van der Waals surface area contributed by atoms with E-state index in [9.17, 15) is 4.79 Å². The molecule has 0 unspecified atom stereocenters. The van der Waals surface area contributed by atoms with Crippen LogP contribution in [0, 0.1) is 0 Å². The molecule has 1 aromatic heterocycles. The van der Waals surface area contributed by atoms with Crippen LogP contribution in [-0.2, 0) is 0 Å². The molecule has 0 spiro atoms. The van der Waals surface area contributed by atoms with E-state index in [-0.39, 0.29) is 12.0 Å². The van der Waals surface area contributed by atoms with E-state index >= 15 is 0 Å². The smallest absolute Gasteiger partial charge is 0.256 e. The predicted molar refractivity (Wildman–Crippen MR) is 109 cm³/mol. The molecule has 5 nitrogen and oxygen atoms in total. The van der Waals surface area contributed by atoms with Crippen molar-refractivity contribution < 1.29 is 9.53 Å². The van der Waals surface area contributed by atoms with E-state index in [1.807, 2.05) is 44.2 Å². The average molecular weight is 382 g/mol. The Morgan fingerprint density at radius 3 is 2.22 bits per heavy atom. The van der Waals surface area contributed by atoms with Crippen LogP contribution >= 0.6 is 11.6 Å². The van der Waals surface area contributed by atoms with Crippen LogP contribution in [-0.4, -0.2) is 17.0 Å². The molecule has 0 radical (unpaired) electrons.